The minimum Gasteiger partial charge on any atom is -0.350 e. The van der Waals surface area contributed by atoms with E-state index in [-0.39, 0.29) is 30.3 Å². The molecule has 1 atom stereocenters. The molecule has 2 aromatic heterocycles. The Bertz CT molecular complexity index is 830. The fraction of sp³-hybridized carbons (Fsp3) is 0.611. The highest BCUT2D eigenvalue weighted by Crippen LogP contribution is 2.25. The first-order valence-electron chi connectivity index (χ1n) is 8.65. The zero-order valence-corrected chi connectivity index (χ0v) is 17.7. The first-order chi connectivity index (χ1) is 11.6. The predicted octanol–water partition coefficient (Wildman–Crippen LogP) is 2.84. The molecule has 4 N–H and O–H groups in total. The largest absolute Gasteiger partial charge is 0.350 e. The number of thiophene rings is 1. The number of carbonyl (C=O) groups excluding carboxylic acids is 1. The van der Waals surface area contributed by atoms with E-state index in [1.165, 1.54) is 11.3 Å². The first kappa shape index (κ1) is 22.6. The topological polar surface area (TPSA) is 101 Å². The lowest BCUT2D eigenvalue weighted by atomic mass is 9.90. The van der Waals surface area contributed by atoms with Crippen molar-refractivity contribution in [2.45, 2.75) is 59.4 Å². The van der Waals surface area contributed by atoms with E-state index in [1.54, 1.807) is 0 Å². The molecule has 0 saturated carbocycles. The van der Waals surface area contributed by atoms with Gasteiger partial charge in [-0.25, -0.2) is 4.98 Å². The zero-order chi connectivity index (χ0) is 18.8. The van der Waals surface area contributed by atoms with Crippen LogP contribution in [0.2, 0.25) is 0 Å². The smallest absolute Gasteiger partial charge is 0.259 e. The van der Waals surface area contributed by atoms with E-state index in [2.05, 4.69) is 29.1 Å². The minimum absolute atomic E-state index is 0. The lowest BCUT2D eigenvalue weighted by molar-refractivity contribution is -0.122. The van der Waals surface area contributed by atoms with E-state index in [1.807, 2.05) is 20.8 Å². The number of hydrogen-bond donors (Lipinski definition) is 3. The number of nitrogens with two attached hydrogens (primary N) is 1. The summed E-state index contributed by atoms with van der Waals surface area (Å²) < 4.78 is 0. The van der Waals surface area contributed by atoms with Crippen molar-refractivity contribution in [2.75, 3.05) is 6.54 Å². The lowest BCUT2D eigenvalue weighted by Gasteiger charge is -2.31. The van der Waals surface area contributed by atoms with Gasteiger partial charge in [-0.2, -0.15) is 0 Å². The normalized spacial score (nSPS) is 13.5. The molecule has 8 heteroatoms. The summed E-state index contributed by atoms with van der Waals surface area (Å²) in [6.07, 6.45) is 1.49. The van der Waals surface area contributed by atoms with Crippen LogP contribution in [0.4, 0.5) is 0 Å². The second kappa shape index (κ2) is 8.97. The van der Waals surface area contributed by atoms with E-state index < -0.39 is 5.54 Å². The molecule has 2 aromatic rings. The Hall–Kier alpha value is -1.44. The molecule has 0 radical (unpaired) electrons. The van der Waals surface area contributed by atoms with Gasteiger partial charge in [0.2, 0.25) is 5.91 Å². The third kappa shape index (κ3) is 5.28. The van der Waals surface area contributed by atoms with E-state index >= 15 is 0 Å². The van der Waals surface area contributed by atoms with Gasteiger partial charge in [0.1, 0.15) is 10.7 Å². The molecule has 26 heavy (non-hydrogen) atoms. The number of aryl methyl sites for hydroxylation is 3. The molecule has 2 rings (SSSR count). The van der Waals surface area contributed by atoms with Crippen LogP contribution >= 0.6 is 23.7 Å². The standard InChI is InChI=1S/C18H28N4O2S.ClH/c1-10(2)8-18(5,9-19)22-14(23)7-6-13-20-16(24)15-11(3)12(4)25-17(15)21-13;/h10H,6-9,19H2,1-5H3,(H,22,23)(H,20,21,24);1H. The summed E-state index contributed by atoms with van der Waals surface area (Å²) in [7, 11) is 0. The van der Waals surface area contributed by atoms with E-state index in [0.717, 1.165) is 21.7 Å². The van der Waals surface area contributed by atoms with E-state index in [4.69, 9.17) is 5.73 Å². The number of fused-ring (bicyclic) bond motifs is 1. The Kier molecular flexibility index (Phi) is 7.80. The second-order valence-corrected chi connectivity index (χ2v) is 8.59. The van der Waals surface area contributed by atoms with Gasteiger partial charge in [0, 0.05) is 29.8 Å². The van der Waals surface area contributed by atoms with Crippen LogP contribution in [0, 0.1) is 19.8 Å². The van der Waals surface area contributed by atoms with Gasteiger partial charge in [-0.3, -0.25) is 9.59 Å². The van der Waals surface area contributed by atoms with E-state index in [0.29, 0.717) is 30.1 Å². The maximum Gasteiger partial charge on any atom is 0.259 e. The minimum atomic E-state index is -0.405. The van der Waals surface area contributed by atoms with Crippen molar-refractivity contribution in [1.29, 1.82) is 0 Å². The highest BCUT2D eigenvalue weighted by Gasteiger charge is 2.25. The number of aromatic nitrogens is 2. The van der Waals surface area contributed by atoms with Gasteiger partial charge in [-0.15, -0.1) is 23.7 Å². The van der Waals surface area contributed by atoms with Crippen LogP contribution < -0.4 is 16.6 Å². The first-order valence-corrected chi connectivity index (χ1v) is 9.47. The Morgan fingerprint density at radius 1 is 1.38 bits per heavy atom. The fourth-order valence-electron chi connectivity index (χ4n) is 3.14. The van der Waals surface area contributed by atoms with Gasteiger partial charge < -0.3 is 16.0 Å². The fourth-order valence-corrected chi connectivity index (χ4v) is 4.18. The van der Waals surface area contributed by atoms with E-state index in [9.17, 15) is 9.59 Å². The molecule has 1 unspecified atom stereocenters. The molecule has 0 bridgehead atoms. The van der Waals surface area contributed by atoms with Crippen molar-refractivity contribution >= 4 is 39.9 Å². The number of nitrogens with zero attached hydrogens (tertiary/aromatic N) is 1. The summed E-state index contributed by atoms with van der Waals surface area (Å²) in [4.78, 5) is 33.7. The molecule has 2 heterocycles. The van der Waals surface area contributed by atoms with Gasteiger partial charge in [0.05, 0.1) is 5.39 Å². The summed E-state index contributed by atoms with van der Waals surface area (Å²) in [6.45, 7) is 10.5. The van der Waals surface area contributed by atoms with Crippen molar-refractivity contribution < 1.29 is 4.79 Å². The van der Waals surface area contributed by atoms with Crippen LogP contribution in [0.25, 0.3) is 10.2 Å². The average Bonchev–Trinajstić information content (AvgIpc) is 2.79. The Morgan fingerprint density at radius 2 is 2.04 bits per heavy atom. The third-order valence-corrected chi connectivity index (χ3v) is 5.53. The highest BCUT2D eigenvalue weighted by atomic mass is 35.5. The van der Waals surface area contributed by atoms with Crippen molar-refractivity contribution in [1.82, 2.24) is 15.3 Å². The number of halogens is 1. The maximum atomic E-state index is 12.3. The van der Waals surface area contributed by atoms with Crippen LogP contribution in [0.15, 0.2) is 4.79 Å². The quantitative estimate of drug-likeness (QED) is 0.665. The molecule has 0 aromatic carbocycles. The van der Waals surface area contributed by atoms with Crippen LogP contribution in [-0.2, 0) is 11.2 Å². The second-order valence-electron chi connectivity index (χ2n) is 7.39. The summed E-state index contributed by atoms with van der Waals surface area (Å²) >= 11 is 1.51. The predicted molar refractivity (Wildman–Crippen MR) is 110 cm³/mol. The lowest BCUT2D eigenvalue weighted by Crippen LogP contribution is -2.52. The monoisotopic (exact) mass is 400 g/mol. The molecular weight excluding hydrogens is 372 g/mol. The van der Waals surface area contributed by atoms with Crippen LogP contribution in [-0.4, -0.2) is 28.0 Å². The molecule has 6 nitrogen and oxygen atoms in total. The third-order valence-electron chi connectivity index (χ3n) is 4.43. The number of nitrogens with one attached hydrogen (secondary N) is 2. The Morgan fingerprint density at radius 3 is 2.62 bits per heavy atom. The summed E-state index contributed by atoms with van der Waals surface area (Å²) in [5.74, 6) is 0.918. The molecule has 0 fully saturated rings. The molecule has 0 aliphatic carbocycles. The number of aromatic amines is 1. The number of H-pyrrole nitrogens is 1. The number of hydrogen-bond acceptors (Lipinski definition) is 5. The van der Waals surface area contributed by atoms with Crippen LogP contribution in [0.1, 0.15) is 49.9 Å². The summed E-state index contributed by atoms with van der Waals surface area (Å²) in [6, 6.07) is 0. The van der Waals surface area contributed by atoms with Crippen LogP contribution in [0.3, 0.4) is 0 Å². The average molecular weight is 401 g/mol. The Balaban J connectivity index is 0.00000338. The van der Waals surface area contributed by atoms with Gasteiger partial charge in [-0.1, -0.05) is 13.8 Å². The SMILES string of the molecule is Cc1sc2nc(CCC(=O)NC(C)(CN)CC(C)C)[nH]c(=O)c2c1C.Cl. The molecule has 146 valence electrons. The summed E-state index contributed by atoms with van der Waals surface area (Å²) in [5.41, 5.74) is 6.28. The molecule has 0 aliphatic heterocycles. The molecule has 0 saturated heterocycles. The highest BCUT2D eigenvalue weighted by molar-refractivity contribution is 7.18. The zero-order valence-electron chi connectivity index (χ0n) is 16.1. The van der Waals surface area contributed by atoms with Crippen molar-refractivity contribution in [2.24, 2.45) is 11.7 Å². The number of rotatable bonds is 7. The summed E-state index contributed by atoms with van der Waals surface area (Å²) in [5, 5.41) is 3.68. The van der Waals surface area contributed by atoms with Crippen molar-refractivity contribution in [3.05, 3.63) is 26.6 Å². The van der Waals surface area contributed by atoms with Gasteiger partial charge >= 0.3 is 0 Å². The molecular formula is C18H29ClN4O2S. The van der Waals surface area contributed by atoms with Gasteiger partial charge in [0.15, 0.2) is 0 Å². The van der Waals surface area contributed by atoms with Crippen molar-refractivity contribution in [3.8, 4) is 0 Å². The van der Waals surface area contributed by atoms with Crippen LogP contribution in [0.5, 0.6) is 0 Å². The van der Waals surface area contributed by atoms with Gasteiger partial charge in [0.25, 0.3) is 5.56 Å². The number of amides is 1. The Labute approximate surface area is 164 Å². The number of carbonyl (C=O) groups is 1. The molecule has 0 aliphatic rings. The van der Waals surface area contributed by atoms with Crippen molar-refractivity contribution in [3.63, 3.8) is 0 Å². The maximum absolute atomic E-state index is 12.3. The molecule has 0 spiro atoms. The van der Waals surface area contributed by atoms with Gasteiger partial charge in [-0.05, 0) is 38.7 Å². The molecule has 1 amide bonds.